The average molecular weight is 235 g/mol. The second kappa shape index (κ2) is 5.63. The van der Waals surface area contributed by atoms with Crippen LogP contribution < -0.4 is 10.6 Å². The van der Waals surface area contributed by atoms with Crippen LogP contribution in [0.15, 0.2) is 18.3 Å². The van der Waals surface area contributed by atoms with E-state index in [9.17, 15) is 4.79 Å². The van der Waals surface area contributed by atoms with Crippen molar-refractivity contribution in [2.45, 2.75) is 25.3 Å². The number of hydrogen-bond donors (Lipinski definition) is 3. The van der Waals surface area contributed by atoms with Crippen LogP contribution in [0.5, 0.6) is 0 Å². The Labute approximate surface area is 100 Å². The summed E-state index contributed by atoms with van der Waals surface area (Å²) in [5, 5.41) is 15.3. The Bertz CT molecular complexity index is 374. The third-order valence-electron chi connectivity index (χ3n) is 2.68. The number of nitrogens with one attached hydrogen (secondary N) is 2. The standard InChI is InChI=1S/C12H17N3O2/c16-12(17)9-2-5-11(15-8-9)14-7-1-6-13-10-3-4-10/h2,5,8,10,13H,1,3-4,6-7H2,(H,14,15)(H,16,17). The molecule has 1 fully saturated rings. The molecule has 1 aliphatic carbocycles. The molecule has 17 heavy (non-hydrogen) atoms. The van der Waals surface area contributed by atoms with Crippen LogP contribution in [0.3, 0.4) is 0 Å². The van der Waals surface area contributed by atoms with Crippen molar-refractivity contribution in [3.63, 3.8) is 0 Å². The monoisotopic (exact) mass is 235 g/mol. The Kier molecular flexibility index (Phi) is 3.93. The predicted octanol–water partition coefficient (Wildman–Crippen LogP) is 1.33. The maximum atomic E-state index is 10.6. The number of nitrogens with zero attached hydrogens (tertiary/aromatic N) is 1. The summed E-state index contributed by atoms with van der Waals surface area (Å²) in [6.07, 6.45) is 5.03. The maximum absolute atomic E-state index is 10.6. The predicted molar refractivity (Wildman–Crippen MR) is 65.3 cm³/mol. The van der Waals surface area contributed by atoms with Gasteiger partial charge in [-0.1, -0.05) is 0 Å². The normalized spacial score (nSPS) is 14.6. The Balaban J connectivity index is 1.65. The van der Waals surface area contributed by atoms with Crippen molar-refractivity contribution in [2.75, 3.05) is 18.4 Å². The summed E-state index contributed by atoms with van der Waals surface area (Å²) in [5.74, 6) is -0.223. The fourth-order valence-corrected chi connectivity index (χ4v) is 1.52. The highest BCUT2D eigenvalue weighted by atomic mass is 16.4. The summed E-state index contributed by atoms with van der Waals surface area (Å²) in [7, 11) is 0. The highest BCUT2D eigenvalue weighted by Crippen LogP contribution is 2.18. The minimum absolute atomic E-state index is 0.214. The van der Waals surface area contributed by atoms with Gasteiger partial charge in [-0.15, -0.1) is 0 Å². The molecule has 0 unspecified atom stereocenters. The molecule has 0 amide bonds. The van der Waals surface area contributed by atoms with Crippen LogP contribution in [0.25, 0.3) is 0 Å². The lowest BCUT2D eigenvalue weighted by atomic mass is 10.3. The molecular weight excluding hydrogens is 218 g/mol. The van der Waals surface area contributed by atoms with E-state index in [1.807, 2.05) is 0 Å². The van der Waals surface area contributed by atoms with E-state index >= 15 is 0 Å². The molecule has 2 rings (SSSR count). The molecule has 92 valence electrons. The van der Waals surface area contributed by atoms with E-state index in [0.717, 1.165) is 31.4 Å². The van der Waals surface area contributed by atoms with E-state index < -0.39 is 5.97 Å². The minimum Gasteiger partial charge on any atom is -0.478 e. The molecule has 0 saturated heterocycles. The molecule has 1 aliphatic rings. The van der Waals surface area contributed by atoms with Crippen LogP contribution in [-0.2, 0) is 0 Å². The molecule has 0 spiro atoms. The molecule has 1 aromatic heterocycles. The molecule has 1 heterocycles. The molecule has 5 nitrogen and oxygen atoms in total. The smallest absolute Gasteiger partial charge is 0.337 e. The van der Waals surface area contributed by atoms with Crippen LogP contribution in [-0.4, -0.2) is 35.2 Å². The third-order valence-corrected chi connectivity index (χ3v) is 2.68. The second-order valence-electron chi connectivity index (χ2n) is 4.25. The van der Waals surface area contributed by atoms with Gasteiger partial charge in [0.25, 0.3) is 0 Å². The minimum atomic E-state index is -0.947. The Morgan fingerprint density at radius 3 is 2.82 bits per heavy atom. The Morgan fingerprint density at radius 1 is 1.41 bits per heavy atom. The summed E-state index contributed by atoms with van der Waals surface area (Å²) in [6.45, 7) is 1.87. The number of pyridine rings is 1. The van der Waals surface area contributed by atoms with Gasteiger partial charge in [0, 0.05) is 18.8 Å². The van der Waals surface area contributed by atoms with Gasteiger partial charge in [0.1, 0.15) is 5.82 Å². The lowest BCUT2D eigenvalue weighted by Gasteiger charge is -2.06. The van der Waals surface area contributed by atoms with Gasteiger partial charge in [-0.25, -0.2) is 9.78 Å². The van der Waals surface area contributed by atoms with Gasteiger partial charge in [0.15, 0.2) is 0 Å². The van der Waals surface area contributed by atoms with Crippen molar-refractivity contribution in [2.24, 2.45) is 0 Å². The van der Waals surface area contributed by atoms with Gasteiger partial charge in [0.2, 0.25) is 0 Å². The molecule has 0 radical (unpaired) electrons. The molecule has 0 aromatic carbocycles. The van der Waals surface area contributed by atoms with Crippen molar-refractivity contribution in [1.82, 2.24) is 10.3 Å². The third kappa shape index (κ3) is 4.03. The zero-order chi connectivity index (χ0) is 12.1. The highest BCUT2D eigenvalue weighted by Gasteiger charge is 2.19. The van der Waals surface area contributed by atoms with Crippen LogP contribution in [0.4, 0.5) is 5.82 Å². The molecule has 0 aliphatic heterocycles. The fourth-order valence-electron chi connectivity index (χ4n) is 1.52. The molecule has 1 saturated carbocycles. The number of carboxylic acids is 1. The summed E-state index contributed by atoms with van der Waals surface area (Å²) in [5.41, 5.74) is 0.214. The number of rotatable bonds is 7. The molecule has 0 atom stereocenters. The van der Waals surface area contributed by atoms with Crippen LogP contribution in [0.2, 0.25) is 0 Å². The van der Waals surface area contributed by atoms with E-state index in [1.54, 1.807) is 12.1 Å². The van der Waals surface area contributed by atoms with E-state index in [1.165, 1.54) is 19.0 Å². The van der Waals surface area contributed by atoms with E-state index in [0.29, 0.717) is 0 Å². The number of aromatic nitrogens is 1. The fraction of sp³-hybridized carbons (Fsp3) is 0.500. The highest BCUT2D eigenvalue weighted by molar-refractivity contribution is 5.87. The Hall–Kier alpha value is -1.62. The number of carboxylic acid groups (broad SMARTS) is 1. The van der Waals surface area contributed by atoms with Crippen LogP contribution in [0, 0.1) is 0 Å². The number of hydrogen-bond acceptors (Lipinski definition) is 4. The van der Waals surface area contributed by atoms with Gasteiger partial charge in [-0.3, -0.25) is 0 Å². The first kappa shape index (κ1) is 11.9. The Morgan fingerprint density at radius 2 is 2.24 bits per heavy atom. The molecular formula is C12H17N3O2. The quantitative estimate of drug-likeness (QED) is 0.622. The summed E-state index contributed by atoms with van der Waals surface area (Å²) in [4.78, 5) is 14.6. The SMILES string of the molecule is O=C(O)c1ccc(NCCCNC2CC2)nc1. The summed E-state index contributed by atoms with van der Waals surface area (Å²) >= 11 is 0. The topological polar surface area (TPSA) is 74.2 Å². The largest absolute Gasteiger partial charge is 0.478 e. The maximum Gasteiger partial charge on any atom is 0.337 e. The zero-order valence-corrected chi connectivity index (χ0v) is 9.65. The number of carbonyl (C=O) groups is 1. The van der Waals surface area contributed by atoms with Crippen molar-refractivity contribution in [1.29, 1.82) is 0 Å². The molecule has 1 aromatic rings. The van der Waals surface area contributed by atoms with E-state index in [2.05, 4.69) is 15.6 Å². The number of aromatic carboxylic acids is 1. The van der Waals surface area contributed by atoms with Gasteiger partial charge in [-0.2, -0.15) is 0 Å². The molecule has 3 N–H and O–H groups in total. The van der Waals surface area contributed by atoms with Crippen molar-refractivity contribution >= 4 is 11.8 Å². The van der Waals surface area contributed by atoms with E-state index in [-0.39, 0.29) is 5.56 Å². The van der Waals surface area contributed by atoms with Gasteiger partial charge >= 0.3 is 5.97 Å². The van der Waals surface area contributed by atoms with Gasteiger partial charge in [0.05, 0.1) is 5.56 Å². The lowest BCUT2D eigenvalue weighted by molar-refractivity contribution is 0.0696. The first-order valence-electron chi connectivity index (χ1n) is 5.92. The lowest BCUT2D eigenvalue weighted by Crippen LogP contribution is -2.20. The van der Waals surface area contributed by atoms with Gasteiger partial charge in [-0.05, 0) is 37.9 Å². The summed E-state index contributed by atoms with van der Waals surface area (Å²) in [6, 6.07) is 4.00. The van der Waals surface area contributed by atoms with Crippen molar-refractivity contribution < 1.29 is 9.90 Å². The molecule has 5 heteroatoms. The van der Waals surface area contributed by atoms with Crippen molar-refractivity contribution in [3.8, 4) is 0 Å². The second-order valence-corrected chi connectivity index (χ2v) is 4.25. The van der Waals surface area contributed by atoms with Crippen molar-refractivity contribution in [3.05, 3.63) is 23.9 Å². The zero-order valence-electron chi connectivity index (χ0n) is 9.65. The first-order valence-corrected chi connectivity index (χ1v) is 5.92. The number of anilines is 1. The average Bonchev–Trinajstić information content (AvgIpc) is 3.13. The molecule has 0 bridgehead atoms. The van der Waals surface area contributed by atoms with E-state index in [4.69, 9.17) is 5.11 Å². The van der Waals surface area contributed by atoms with Gasteiger partial charge < -0.3 is 15.7 Å². The first-order chi connectivity index (χ1) is 8.25. The van der Waals surface area contributed by atoms with Crippen LogP contribution in [0.1, 0.15) is 29.6 Å². The summed E-state index contributed by atoms with van der Waals surface area (Å²) < 4.78 is 0. The van der Waals surface area contributed by atoms with Crippen LogP contribution >= 0.6 is 0 Å².